The van der Waals surface area contributed by atoms with Gasteiger partial charge in [-0.15, -0.1) is 0 Å². The quantitative estimate of drug-likeness (QED) is 0.901. The minimum absolute atomic E-state index is 0.185. The summed E-state index contributed by atoms with van der Waals surface area (Å²) in [5, 5.41) is 0. The Kier molecular flexibility index (Phi) is 4.38. The molecule has 0 aliphatic heterocycles. The monoisotopic (exact) mass is 321 g/mol. The summed E-state index contributed by atoms with van der Waals surface area (Å²) >= 11 is 3.41. The Morgan fingerprint density at radius 3 is 2.32 bits per heavy atom. The minimum Gasteiger partial charge on any atom is -0.325 e. The van der Waals surface area contributed by atoms with E-state index in [2.05, 4.69) is 15.9 Å². The number of benzene rings is 2. The molecule has 0 aliphatic rings. The summed E-state index contributed by atoms with van der Waals surface area (Å²) in [6.45, 7) is 1.96. The van der Waals surface area contributed by atoms with Gasteiger partial charge in [0.25, 0.3) is 0 Å². The van der Waals surface area contributed by atoms with Crippen LogP contribution in [0.2, 0.25) is 0 Å². The summed E-state index contributed by atoms with van der Waals surface area (Å²) in [7, 11) is 0. The summed E-state index contributed by atoms with van der Waals surface area (Å²) < 4.78 is 14.7. The highest BCUT2D eigenvalue weighted by molar-refractivity contribution is 9.10. The van der Waals surface area contributed by atoms with E-state index in [4.69, 9.17) is 5.73 Å². The van der Waals surface area contributed by atoms with E-state index in [9.17, 15) is 4.39 Å². The Labute approximate surface area is 121 Å². The van der Waals surface area contributed by atoms with Crippen LogP contribution in [0, 0.1) is 5.82 Å². The first-order valence-electron chi connectivity index (χ1n) is 6.23. The zero-order valence-electron chi connectivity index (χ0n) is 10.9. The van der Waals surface area contributed by atoms with Gasteiger partial charge < -0.3 is 5.73 Å². The zero-order chi connectivity index (χ0) is 13.9. The van der Waals surface area contributed by atoms with Crippen molar-refractivity contribution in [2.24, 2.45) is 5.73 Å². The molecule has 0 aromatic heterocycles. The highest BCUT2D eigenvalue weighted by Crippen LogP contribution is 2.20. The molecule has 2 N–H and O–H groups in total. The van der Waals surface area contributed by atoms with E-state index >= 15 is 0 Å². The third-order valence-electron chi connectivity index (χ3n) is 3.07. The molecule has 0 saturated heterocycles. The molecule has 1 unspecified atom stereocenters. The van der Waals surface area contributed by atoms with Gasteiger partial charge in [0.05, 0.1) is 0 Å². The van der Waals surface area contributed by atoms with Crippen LogP contribution in [0.4, 0.5) is 4.39 Å². The Hall–Kier alpha value is -1.19. The molecule has 1 atom stereocenters. The average molecular weight is 322 g/mol. The van der Waals surface area contributed by atoms with Crippen LogP contribution in [0.15, 0.2) is 53.0 Å². The van der Waals surface area contributed by atoms with E-state index in [1.165, 1.54) is 6.07 Å². The lowest BCUT2D eigenvalue weighted by atomic mass is 9.87. The first-order chi connectivity index (χ1) is 8.96. The van der Waals surface area contributed by atoms with Gasteiger partial charge in [0.1, 0.15) is 5.82 Å². The molecule has 0 heterocycles. The minimum atomic E-state index is -0.462. The van der Waals surface area contributed by atoms with Crippen LogP contribution in [-0.2, 0) is 12.8 Å². The standard InChI is InChI=1S/C16H17BrFN/c1-16(19,10-12-6-8-14(17)9-7-12)11-13-4-2-3-5-15(13)18/h2-9H,10-11,19H2,1H3. The molecule has 19 heavy (non-hydrogen) atoms. The second kappa shape index (κ2) is 5.85. The fourth-order valence-corrected chi connectivity index (χ4v) is 2.47. The van der Waals surface area contributed by atoms with Crippen LogP contribution in [0.25, 0.3) is 0 Å². The Balaban J connectivity index is 2.10. The maximum Gasteiger partial charge on any atom is 0.126 e. The lowest BCUT2D eigenvalue weighted by molar-refractivity contribution is 0.451. The molecule has 2 aromatic carbocycles. The number of hydrogen-bond acceptors (Lipinski definition) is 1. The fourth-order valence-electron chi connectivity index (χ4n) is 2.21. The maximum atomic E-state index is 13.6. The SMILES string of the molecule is CC(N)(Cc1ccc(Br)cc1)Cc1ccccc1F. The predicted octanol–water partition coefficient (Wildman–Crippen LogP) is 4.09. The molecule has 100 valence electrons. The number of rotatable bonds is 4. The normalized spacial score (nSPS) is 14.1. The average Bonchev–Trinajstić information content (AvgIpc) is 2.35. The molecular weight excluding hydrogens is 305 g/mol. The van der Waals surface area contributed by atoms with Crippen molar-refractivity contribution in [3.05, 3.63) is 69.9 Å². The van der Waals surface area contributed by atoms with Crippen molar-refractivity contribution in [1.29, 1.82) is 0 Å². The van der Waals surface area contributed by atoms with Crippen LogP contribution in [0.1, 0.15) is 18.1 Å². The highest BCUT2D eigenvalue weighted by Gasteiger charge is 2.21. The molecule has 0 amide bonds. The van der Waals surface area contributed by atoms with Gasteiger partial charge in [-0.3, -0.25) is 0 Å². The molecule has 1 nitrogen and oxygen atoms in total. The lowest BCUT2D eigenvalue weighted by Gasteiger charge is -2.25. The summed E-state index contributed by atoms with van der Waals surface area (Å²) in [4.78, 5) is 0. The second-order valence-electron chi connectivity index (χ2n) is 5.23. The van der Waals surface area contributed by atoms with Crippen molar-refractivity contribution < 1.29 is 4.39 Å². The van der Waals surface area contributed by atoms with Gasteiger partial charge in [0.2, 0.25) is 0 Å². The summed E-state index contributed by atoms with van der Waals surface area (Å²) in [6.07, 6.45) is 1.24. The zero-order valence-corrected chi connectivity index (χ0v) is 12.5. The Bertz CT molecular complexity index is 549. The topological polar surface area (TPSA) is 26.0 Å². The second-order valence-corrected chi connectivity index (χ2v) is 6.14. The fraction of sp³-hybridized carbons (Fsp3) is 0.250. The number of halogens is 2. The molecule has 0 spiro atoms. The van der Waals surface area contributed by atoms with E-state index in [1.54, 1.807) is 12.1 Å². The molecule has 2 aromatic rings. The van der Waals surface area contributed by atoms with Crippen LogP contribution < -0.4 is 5.73 Å². The summed E-state index contributed by atoms with van der Waals surface area (Å²) in [5.41, 5.74) is 7.67. The van der Waals surface area contributed by atoms with E-state index in [1.807, 2.05) is 37.3 Å². The van der Waals surface area contributed by atoms with Gasteiger partial charge in [-0.2, -0.15) is 0 Å². The number of nitrogens with two attached hydrogens (primary N) is 1. The summed E-state index contributed by atoms with van der Waals surface area (Å²) in [5.74, 6) is -0.185. The van der Waals surface area contributed by atoms with Gasteiger partial charge >= 0.3 is 0 Å². The maximum absolute atomic E-state index is 13.6. The molecular formula is C16H17BrFN. The van der Waals surface area contributed by atoms with Crippen molar-refractivity contribution in [3.8, 4) is 0 Å². The van der Waals surface area contributed by atoms with Gasteiger partial charge in [-0.25, -0.2) is 4.39 Å². The van der Waals surface area contributed by atoms with Crippen LogP contribution in [0.5, 0.6) is 0 Å². The molecule has 0 bridgehead atoms. The van der Waals surface area contributed by atoms with Crippen molar-refractivity contribution >= 4 is 15.9 Å². The largest absolute Gasteiger partial charge is 0.325 e. The number of hydrogen-bond donors (Lipinski definition) is 1. The van der Waals surface area contributed by atoms with E-state index in [0.717, 1.165) is 10.0 Å². The van der Waals surface area contributed by atoms with Crippen molar-refractivity contribution in [1.82, 2.24) is 0 Å². The highest BCUT2D eigenvalue weighted by atomic mass is 79.9. The third-order valence-corrected chi connectivity index (χ3v) is 3.60. The van der Waals surface area contributed by atoms with E-state index < -0.39 is 5.54 Å². The van der Waals surface area contributed by atoms with E-state index in [-0.39, 0.29) is 5.82 Å². The third kappa shape index (κ3) is 4.15. The first kappa shape index (κ1) is 14.2. The molecule has 0 saturated carbocycles. The van der Waals surface area contributed by atoms with Gasteiger partial charge in [-0.1, -0.05) is 46.3 Å². The van der Waals surface area contributed by atoms with Crippen LogP contribution in [-0.4, -0.2) is 5.54 Å². The molecule has 3 heteroatoms. The predicted molar refractivity (Wildman–Crippen MR) is 80.5 cm³/mol. The Morgan fingerprint density at radius 2 is 1.68 bits per heavy atom. The lowest BCUT2D eigenvalue weighted by Crippen LogP contribution is -2.41. The van der Waals surface area contributed by atoms with Crippen molar-refractivity contribution in [3.63, 3.8) is 0 Å². The molecule has 0 radical (unpaired) electrons. The molecule has 0 fully saturated rings. The smallest absolute Gasteiger partial charge is 0.126 e. The van der Waals surface area contributed by atoms with Crippen LogP contribution >= 0.6 is 15.9 Å². The Morgan fingerprint density at radius 1 is 1.05 bits per heavy atom. The van der Waals surface area contributed by atoms with Crippen molar-refractivity contribution in [2.75, 3.05) is 0 Å². The van der Waals surface area contributed by atoms with Gasteiger partial charge in [-0.05, 0) is 49.1 Å². The van der Waals surface area contributed by atoms with Crippen molar-refractivity contribution in [2.45, 2.75) is 25.3 Å². The van der Waals surface area contributed by atoms with Crippen LogP contribution in [0.3, 0.4) is 0 Å². The molecule has 2 rings (SSSR count). The molecule has 0 aliphatic carbocycles. The first-order valence-corrected chi connectivity index (χ1v) is 7.02. The van der Waals surface area contributed by atoms with E-state index in [0.29, 0.717) is 18.4 Å². The van der Waals surface area contributed by atoms with Gasteiger partial charge in [0.15, 0.2) is 0 Å². The summed E-state index contributed by atoms with van der Waals surface area (Å²) in [6, 6.07) is 14.9. The van der Waals surface area contributed by atoms with Gasteiger partial charge in [0, 0.05) is 10.0 Å².